The quantitative estimate of drug-likeness (QED) is 0.872. The summed E-state index contributed by atoms with van der Waals surface area (Å²) in [5.74, 6) is 2.60. The number of aromatic nitrogens is 2. The van der Waals surface area contributed by atoms with Crippen molar-refractivity contribution >= 4 is 17.3 Å². The second-order valence-corrected chi connectivity index (χ2v) is 5.01. The molecule has 0 atom stereocenters. The lowest BCUT2D eigenvalue weighted by molar-refractivity contribution is 0.835. The van der Waals surface area contributed by atoms with Crippen LogP contribution in [0.15, 0.2) is 30.3 Å². The zero-order chi connectivity index (χ0) is 15.2. The molecule has 0 bridgehead atoms. The zero-order valence-electron chi connectivity index (χ0n) is 13.3. The second-order valence-electron chi connectivity index (χ2n) is 5.01. The van der Waals surface area contributed by atoms with Crippen LogP contribution in [0.5, 0.6) is 0 Å². The van der Waals surface area contributed by atoms with Crippen LogP contribution in [-0.4, -0.2) is 23.1 Å². The Labute approximate surface area is 127 Å². The highest BCUT2D eigenvalue weighted by atomic mass is 15.2. The van der Waals surface area contributed by atoms with Gasteiger partial charge in [-0.2, -0.15) is 0 Å². The summed E-state index contributed by atoms with van der Waals surface area (Å²) in [6.07, 6.45) is 1.05. The summed E-state index contributed by atoms with van der Waals surface area (Å²) >= 11 is 0. The Morgan fingerprint density at radius 1 is 1.00 bits per heavy atom. The average molecular weight is 284 g/mol. The molecule has 0 saturated carbocycles. The van der Waals surface area contributed by atoms with E-state index in [1.807, 2.05) is 13.0 Å². The molecule has 4 heteroatoms. The average Bonchev–Trinajstić information content (AvgIpc) is 2.49. The Morgan fingerprint density at radius 2 is 1.67 bits per heavy atom. The molecule has 0 spiro atoms. The number of hydrogen-bond acceptors (Lipinski definition) is 4. The fourth-order valence-corrected chi connectivity index (χ4v) is 2.30. The molecule has 2 aromatic rings. The van der Waals surface area contributed by atoms with Crippen molar-refractivity contribution in [3.8, 4) is 0 Å². The first-order chi connectivity index (χ1) is 10.2. The Hall–Kier alpha value is -2.10. The Balaban J connectivity index is 2.22. The molecule has 112 valence electrons. The molecular formula is C17H24N4. The van der Waals surface area contributed by atoms with Crippen LogP contribution in [0.1, 0.15) is 32.2 Å². The summed E-state index contributed by atoms with van der Waals surface area (Å²) in [4.78, 5) is 11.2. The van der Waals surface area contributed by atoms with Crippen molar-refractivity contribution < 1.29 is 0 Å². The van der Waals surface area contributed by atoms with Gasteiger partial charge in [0.25, 0.3) is 0 Å². The molecule has 1 aromatic carbocycles. The third-order valence-electron chi connectivity index (χ3n) is 3.55. The van der Waals surface area contributed by atoms with E-state index in [2.05, 4.69) is 65.2 Å². The van der Waals surface area contributed by atoms with E-state index in [4.69, 9.17) is 0 Å². The van der Waals surface area contributed by atoms with Crippen molar-refractivity contribution in [1.82, 2.24) is 9.97 Å². The first-order valence-corrected chi connectivity index (χ1v) is 7.62. The highest BCUT2D eigenvalue weighted by Gasteiger charge is 2.07. The van der Waals surface area contributed by atoms with E-state index in [-0.39, 0.29) is 0 Å². The minimum absolute atomic E-state index is 0.784. The van der Waals surface area contributed by atoms with Gasteiger partial charge in [0, 0.05) is 24.8 Å². The Morgan fingerprint density at radius 3 is 2.24 bits per heavy atom. The van der Waals surface area contributed by atoms with Crippen molar-refractivity contribution in [2.45, 2.75) is 34.1 Å². The molecule has 0 saturated heterocycles. The van der Waals surface area contributed by atoms with Crippen molar-refractivity contribution in [3.63, 3.8) is 0 Å². The predicted molar refractivity (Wildman–Crippen MR) is 89.4 cm³/mol. The summed E-state index contributed by atoms with van der Waals surface area (Å²) < 4.78 is 0. The number of hydrogen-bond donors (Lipinski definition) is 1. The zero-order valence-corrected chi connectivity index (χ0v) is 13.3. The second kappa shape index (κ2) is 7.07. The Bertz CT molecular complexity index is 574. The lowest BCUT2D eigenvalue weighted by atomic mass is 10.1. The van der Waals surface area contributed by atoms with Crippen LogP contribution in [-0.2, 0) is 6.42 Å². The van der Waals surface area contributed by atoms with E-state index in [1.54, 1.807) is 0 Å². The number of anilines is 3. The fourth-order valence-electron chi connectivity index (χ4n) is 2.30. The first-order valence-electron chi connectivity index (χ1n) is 7.62. The summed E-state index contributed by atoms with van der Waals surface area (Å²) in [6, 6.07) is 10.5. The fraction of sp³-hybridized carbons (Fsp3) is 0.412. The molecular weight excluding hydrogens is 260 g/mol. The molecule has 4 nitrogen and oxygen atoms in total. The third-order valence-corrected chi connectivity index (χ3v) is 3.55. The molecule has 2 rings (SSSR count). The van der Waals surface area contributed by atoms with Gasteiger partial charge in [0.05, 0.1) is 0 Å². The van der Waals surface area contributed by atoms with Crippen LogP contribution in [0, 0.1) is 6.92 Å². The number of nitrogens with zero attached hydrogens (tertiary/aromatic N) is 3. The SMILES string of the molecule is CCc1ccc(Nc2cc(N(CC)CC)nc(C)n2)cc1. The molecule has 1 aromatic heterocycles. The normalized spacial score (nSPS) is 10.5. The largest absolute Gasteiger partial charge is 0.357 e. The van der Waals surface area contributed by atoms with Gasteiger partial charge >= 0.3 is 0 Å². The standard InChI is InChI=1S/C17H24N4/c1-5-14-8-10-15(11-9-14)20-16-12-17(19-13(4)18-16)21(6-2)7-3/h8-12H,5-7H2,1-4H3,(H,18,19,20). The molecule has 0 fully saturated rings. The van der Waals surface area contributed by atoms with Crippen molar-refractivity contribution in [3.05, 3.63) is 41.7 Å². The highest BCUT2D eigenvalue weighted by molar-refractivity contribution is 5.60. The van der Waals surface area contributed by atoms with Gasteiger partial charge in [-0.25, -0.2) is 9.97 Å². The number of nitrogens with one attached hydrogen (secondary N) is 1. The number of aryl methyl sites for hydroxylation is 2. The minimum Gasteiger partial charge on any atom is -0.357 e. The van der Waals surface area contributed by atoms with Gasteiger partial charge in [0.2, 0.25) is 0 Å². The smallest absolute Gasteiger partial charge is 0.136 e. The molecule has 0 radical (unpaired) electrons. The van der Waals surface area contributed by atoms with Gasteiger partial charge in [-0.1, -0.05) is 19.1 Å². The van der Waals surface area contributed by atoms with E-state index in [1.165, 1.54) is 5.56 Å². The lowest BCUT2D eigenvalue weighted by Gasteiger charge is -2.20. The molecule has 0 aliphatic heterocycles. The van der Waals surface area contributed by atoms with E-state index in [0.717, 1.165) is 42.7 Å². The van der Waals surface area contributed by atoms with E-state index >= 15 is 0 Å². The van der Waals surface area contributed by atoms with Crippen molar-refractivity contribution in [2.24, 2.45) is 0 Å². The molecule has 0 aliphatic carbocycles. The van der Waals surface area contributed by atoms with Crippen molar-refractivity contribution in [2.75, 3.05) is 23.3 Å². The lowest BCUT2D eigenvalue weighted by Crippen LogP contribution is -2.23. The maximum absolute atomic E-state index is 4.52. The van der Waals surface area contributed by atoms with Crippen molar-refractivity contribution in [1.29, 1.82) is 0 Å². The van der Waals surface area contributed by atoms with E-state index in [9.17, 15) is 0 Å². The van der Waals surface area contributed by atoms with E-state index in [0.29, 0.717) is 0 Å². The monoisotopic (exact) mass is 284 g/mol. The summed E-state index contributed by atoms with van der Waals surface area (Å²) in [6.45, 7) is 10.2. The van der Waals surface area contributed by atoms with Crippen LogP contribution in [0.2, 0.25) is 0 Å². The molecule has 1 N–H and O–H groups in total. The molecule has 0 unspecified atom stereocenters. The first kappa shape index (κ1) is 15.3. The summed E-state index contributed by atoms with van der Waals surface area (Å²) in [5.41, 5.74) is 2.39. The summed E-state index contributed by atoms with van der Waals surface area (Å²) in [5, 5.41) is 3.36. The predicted octanol–water partition coefficient (Wildman–Crippen LogP) is 3.94. The molecule has 0 amide bonds. The van der Waals surface area contributed by atoms with Gasteiger partial charge in [0.1, 0.15) is 17.5 Å². The topological polar surface area (TPSA) is 41.0 Å². The maximum Gasteiger partial charge on any atom is 0.136 e. The third kappa shape index (κ3) is 3.94. The van der Waals surface area contributed by atoms with Gasteiger partial charge in [-0.3, -0.25) is 0 Å². The minimum atomic E-state index is 0.784. The molecule has 21 heavy (non-hydrogen) atoms. The van der Waals surface area contributed by atoms with Crippen LogP contribution in [0.3, 0.4) is 0 Å². The van der Waals surface area contributed by atoms with Crippen LogP contribution in [0.4, 0.5) is 17.3 Å². The van der Waals surface area contributed by atoms with Crippen LogP contribution < -0.4 is 10.2 Å². The molecule has 1 heterocycles. The number of rotatable bonds is 6. The Kier molecular flexibility index (Phi) is 5.14. The van der Waals surface area contributed by atoms with Gasteiger partial charge in [-0.05, 0) is 44.9 Å². The van der Waals surface area contributed by atoms with Crippen LogP contribution >= 0.6 is 0 Å². The molecule has 0 aliphatic rings. The number of benzene rings is 1. The van der Waals surface area contributed by atoms with Gasteiger partial charge in [0.15, 0.2) is 0 Å². The summed E-state index contributed by atoms with van der Waals surface area (Å²) in [7, 11) is 0. The maximum atomic E-state index is 4.52. The highest BCUT2D eigenvalue weighted by Crippen LogP contribution is 2.20. The van der Waals surface area contributed by atoms with Crippen LogP contribution in [0.25, 0.3) is 0 Å². The van der Waals surface area contributed by atoms with Gasteiger partial charge in [-0.15, -0.1) is 0 Å². The van der Waals surface area contributed by atoms with E-state index < -0.39 is 0 Å². The van der Waals surface area contributed by atoms with Gasteiger partial charge < -0.3 is 10.2 Å².